The first kappa shape index (κ1) is 12.7. The summed E-state index contributed by atoms with van der Waals surface area (Å²) in [7, 11) is 0. The fourth-order valence-electron chi connectivity index (χ4n) is 1.87. The molecule has 0 aromatic heterocycles. The van der Waals surface area contributed by atoms with Gasteiger partial charge >= 0.3 is 0 Å². The predicted octanol–water partition coefficient (Wildman–Crippen LogP) is 4.53. The van der Waals surface area contributed by atoms with Gasteiger partial charge < -0.3 is 4.90 Å². The molecule has 2 aromatic rings. The van der Waals surface area contributed by atoms with Crippen LogP contribution in [0.4, 0.5) is 5.69 Å². The third-order valence-electron chi connectivity index (χ3n) is 2.76. The van der Waals surface area contributed by atoms with Crippen LogP contribution in [0.1, 0.15) is 5.56 Å². The Morgan fingerprint density at radius 2 is 1.67 bits per heavy atom. The maximum atomic E-state index is 5.90. The fraction of sp³-hybridized carbons (Fsp3) is 0.125. The van der Waals surface area contributed by atoms with Crippen LogP contribution in [0, 0.1) is 0 Å². The molecule has 0 amide bonds. The van der Waals surface area contributed by atoms with Gasteiger partial charge in [0.1, 0.15) is 0 Å². The summed E-state index contributed by atoms with van der Waals surface area (Å²) in [6.45, 7) is 5.50. The molecule has 0 radical (unpaired) electrons. The van der Waals surface area contributed by atoms with E-state index in [0.717, 1.165) is 18.1 Å². The lowest BCUT2D eigenvalue weighted by Crippen LogP contribution is -2.22. The quantitative estimate of drug-likeness (QED) is 0.711. The van der Waals surface area contributed by atoms with Crippen LogP contribution in [0.3, 0.4) is 0 Å². The van der Waals surface area contributed by atoms with Gasteiger partial charge in [-0.25, -0.2) is 0 Å². The second-order valence-electron chi connectivity index (χ2n) is 4.13. The van der Waals surface area contributed by atoms with Gasteiger partial charge in [-0.3, -0.25) is 0 Å². The van der Waals surface area contributed by atoms with E-state index >= 15 is 0 Å². The number of benzene rings is 2. The number of hydrogen-bond acceptors (Lipinski definition) is 1. The van der Waals surface area contributed by atoms with Crippen molar-refractivity contribution in [2.45, 2.75) is 6.54 Å². The summed E-state index contributed by atoms with van der Waals surface area (Å²) in [5, 5.41) is 0.772. The van der Waals surface area contributed by atoms with Gasteiger partial charge in [0.2, 0.25) is 0 Å². The first-order chi connectivity index (χ1) is 8.79. The molecule has 18 heavy (non-hydrogen) atoms. The van der Waals surface area contributed by atoms with Gasteiger partial charge in [-0.1, -0.05) is 48.0 Å². The Morgan fingerprint density at radius 3 is 2.28 bits per heavy atom. The van der Waals surface area contributed by atoms with Crippen molar-refractivity contribution in [1.82, 2.24) is 0 Å². The Hall–Kier alpha value is -1.73. The van der Waals surface area contributed by atoms with E-state index in [4.69, 9.17) is 11.6 Å². The summed E-state index contributed by atoms with van der Waals surface area (Å²) in [4.78, 5) is 2.27. The van der Waals surface area contributed by atoms with Crippen LogP contribution in [0.5, 0.6) is 0 Å². The molecule has 0 aliphatic heterocycles. The SMILES string of the molecule is C=CCN(Cc1ccc(Cl)cc1)c1ccccc1. The number of hydrogen-bond donors (Lipinski definition) is 0. The standard InChI is InChI=1S/C16H16ClN/c1-2-12-18(16-6-4-3-5-7-16)13-14-8-10-15(17)11-9-14/h2-11H,1,12-13H2. The Kier molecular flexibility index (Phi) is 4.43. The van der Waals surface area contributed by atoms with E-state index in [1.165, 1.54) is 11.3 Å². The molecule has 0 atom stereocenters. The first-order valence-corrected chi connectivity index (χ1v) is 6.33. The van der Waals surface area contributed by atoms with E-state index in [2.05, 4.69) is 35.7 Å². The molecular formula is C16H16ClN. The van der Waals surface area contributed by atoms with Crippen LogP contribution in [-0.2, 0) is 6.54 Å². The summed E-state index contributed by atoms with van der Waals surface area (Å²) in [6, 6.07) is 18.3. The summed E-state index contributed by atoms with van der Waals surface area (Å²) in [5.74, 6) is 0. The third-order valence-corrected chi connectivity index (χ3v) is 3.01. The zero-order valence-electron chi connectivity index (χ0n) is 10.2. The van der Waals surface area contributed by atoms with E-state index in [1.54, 1.807) is 0 Å². The van der Waals surface area contributed by atoms with Crippen LogP contribution in [0.25, 0.3) is 0 Å². The van der Waals surface area contributed by atoms with Crippen molar-refractivity contribution in [3.63, 3.8) is 0 Å². The highest BCUT2D eigenvalue weighted by atomic mass is 35.5. The van der Waals surface area contributed by atoms with Crippen molar-refractivity contribution in [2.75, 3.05) is 11.4 Å². The molecule has 0 saturated heterocycles. The average molecular weight is 258 g/mol. The van der Waals surface area contributed by atoms with Crippen LogP contribution in [-0.4, -0.2) is 6.54 Å². The largest absolute Gasteiger partial charge is 0.363 e. The van der Waals surface area contributed by atoms with Crippen LogP contribution in [0.2, 0.25) is 5.02 Å². The van der Waals surface area contributed by atoms with E-state index < -0.39 is 0 Å². The Labute approximate surface area is 113 Å². The van der Waals surface area contributed by atoms with Gasteiger partial charge in [-0.15, -0.1) is 6.58 Å². The molecular weight excluding hydrogens is 242 g/mol. The highest BCUT2D eigenvalue weighted by Gasteiger charge is 2.05. The molecule has 0 heterocycles. The molecule has 2 aromatic carbocycles. The molecule has 2 heteroatoms. The van der Waals surface area contributed by atoms with Gasteiger partial charge in [-0.2, -0.15) is 0 Å². The predicted molar refractivity (Wildman–Crippen MR) is 79.1 cm³/mol. The lowest BCUT2D eigenvalue weighted by Gasteiger charge is -2.23. The van der Waals surface area contributed by atoms with Crippen molar-refractivity contribution in [3.05, 3.63) is 77.8 Å². The van der Waals surface area contributed by atoms with Crippen LogP contribution in [0.15, 0.2) is 67.3 Å². The summed E-state index contributed by atoms with van der Waals surface area (Å²) in [6.07, 6.45) is 1.92. The molecule has 2 rings (SSSR count). The van der Waals surface area contributed by atoms with E-state index in [9.17, 15) is 0 Å². The van der Waals surface area contributed by atoms with Crippen molar-refractivity contribution in [1.29, 1.82) is 0 Å². The van der Waals surface area contributed by atoms with E-state index in [0.29, 0.717) is 0 Å². The number of nitrogens with zero attached hydrogens (tertiary/aromatic N) is 1. The maximum absolute atomic E-state index is 5.90. The van der Waals surface area contributed by atoms with E-state index in [-0.39, 0.29) is 0 Å². The molecule has 0 bridgehead atoms. The maximum Gasteiger partial charge on any atom is 0.0433 e. The highest BCUT2D eigenvalue weighted by Crippen LogP contribution is 2.17. The molecule has 0 unspecified atom stereocenters. The van der Waals surface area contributed by atoms with Gasteiger partial charge in [0, 0.05) is 23.8 Å². The van der Waals surface area contributed by atoms with Crippen molar-refractivity contribution < 1.29 is 0 Å². The number of anilines is 1. The van der Waals surface area contributed by atoms with Crippen molar-refractivity contribution in [2.24, 2.45) is 0 Å². The summed E-state index contributed by atoms with van der Waals surface area (Å²) in [5.41, 5.74) is 2.44. The zero-order valence-corrected chi connectivity index (χ0v) is 11.0. The minimum absolute atomic E-state index is 0.772. The topological polar surface area (TPSA) is 3.24 Å². The Bertz CT molecular complexity index is 490. The molecule has 92 valence electrons. The normalized spacial score (nSPS) is 10.1. The summed E-state index contributed by atoms with van der Waals surface area (Å²) < 4.78 is 0. The summed E-state index contributed by atoms with van der Waals surface area (Å²) >= 11 is 5.90. The first-order valence-electron chi connectivity index (χ1n) is 5.95. The van der Waals surface area contributed by atoms with Crippen molar-refractivity contribution in [3.8, 4) is 0 Å². The molecule has 0 N–H and O–H groups in total. The lowest BCUT2D eigenvalue weighted by atomic mass is 10.2. The Morgan fingerprint density at radius 1 is 1.00 bits per heavy atom. The zero-order chi connectivity index (χ0) is 12.8. The monoisotopic (exact) mass is 257 g/mol. The molecule has 0 aliphatic rings. The van der Waals surface area contributed by atoms with E-state index in [1.807, 2.05) is 36.4 Å². The highest BCUT2D eigenvalue weighted by molar-refractivity contribution is 6.30. The molecule has 0 spiro atoms. The fourth-order valence-corrected chi connectivity index (χ4v) is 1.99. The number of para-hydroxylation sites is 1. The van der Waals surface area contributed by atoms with Gasteiger partial charge in [0.05, 0.1) is 0 Å². The Balaban J connectivity index is 2.16. The minimum Gasteiger partial charge on any atom is -0.363 e. The van der Waals surface area contributed by atoms with Gasteiger partial charge in [-0.05, 0) is 29.8 Å². The van der Waals surface area contributed by atoms with Crippen LogP contribution < -0.4 is 4.90 Å². The lowest BCUT2D eigenvalue weighted by molar-refractivity contribution is 0.868. The minimum atomic E-state index is 0.772. The molecule has 0 aliphatic carbocycles. The average Bonchev–Trinajstić information content (AvgIpc) is 2.42. The van der Waals surface area contributed by atoms with Crippen LogP contribution >= 0.6 is 11.6 Å². The smallest absolute Gasteiger partial charge is 0.0433 e. The van der Waals surface area contributed by atoms with Gasteiger partial charge in [0.15, 0.2) is 0 Å². The number of halogens is 1. The second kappa shape index (κ2) is 6.27. The van der Waals surface area contributed by atoms with Crippen molar-refractivity contribution >= 4 is 17.3 Å². The third kappa shape index (κ3) is 3.38. The molecule has 0 fully saturated rings. The molecule has 0 saturated carbocycles. The number of rotatable bonds is 5. The van der Waals surface area contributed by atoms with Gasteiger partial charge in [0.25, 0.3) is 0 Å². The molecule has 1 nitrogen and oxygen atoms in total. The second-order valence-corrected chi connectivity index (χ2v) is 4.57.